The van der Waals surface area contributed by atoms with Crippen LogP contribution in [-0.4, -0.2) is 43.1 Å². The Balaban J connectivity index is 1.43. The highest BCUT2D eigenvalue weighted by Gasteiger charge is 2.34. The molecule has 4 rings (SSSR count). The summed E-state index contributed by atoms with van der Waals surface area (Å²) < 4.78 is 1.77. The normalized spacial score (nSPS) is 14.0. The van der Waals surface area contributed by atoms with Crippen molar-refractivity contribution in [2.24, 2.45) is 0 Å². The first kappa shape index (κ1) is 14.9. The lowest BCUT2D eigenvalue weighted by molar-refractivity contribution is 0.0652. The van der Waals surface area contributed by atoms with E-state index in [0.717, 1.165) is 22.2 Å². The number of nitrogens with zero attached hydrogens (tertiary/aromatic N) is 5. The Morgan fingerprint density at radius 2 is 1.79 bits per heavy atom. The Kier molecular flexibility index (Phi) is 3.61. The summed E-state index contributed by atoms with van der Waals surface area (Å²) in [4.78, 5) is 26.7. The number of imide groups is 1. The van der Waals surface area contributed by atoms with Crippen LogP contribution >= 0.6 is 11.3 Å². The molecule has 1 aromatic carbocycles. The van der Waals surface area contributed by atoms with Crippen molar-refractivity contribution in [3.05, 3.63) is 46.2 Å². The van der Waals surface area contributed by atoms with Gasteiger partial charge in [0.1, 0.15) is 5.01 Å². The zero-order valence-corrected chi connectivity index (χ0v) is 13.9. The highest BCUT2D eigenvalue weighted by molar-refractivity contribution is 7.16. The third-order valence-corrected chi connectivity index (χ3v) is 5.02. The fraction of sp³-hybridized carbons (Fsp3) is 0.312. The molecule has 2 amide bonds. The molecular weight excluding hydrogens is 326 g/mol. The number of fused-ring (bicyclic) bond motifs is 2. The third kappa shape index (κ3) is 2.30. The van der Waals surface area contributed by atoms with Crippen LogP contribution in [0.2, 0.25) is 0 Å². The summed E-state index contributed by atoms with van der Waals surface area (Å²) in [5, 5.41) is 13.6. The van der Waals surface area contributed by atoms with E-state index in [-0.39, 0.29) is 11.8 Å². The van der Waals surface area contributed by atoms with Gasteiger partial charge in [0.15, 0.2) is 5.82 Å². The summed E-state index contributed by atoms with van der Waals surface area (Å²) in [6.07, 6.45) is 2.15. The molecule has 3 aromatic rings. The molecule has 0 radical (unpaired) electrons. The zero-order valence-electron chi connectivity index (χ0n) is 13.1. The standard InChI is InChI=1S/C16H15N5O2S/c1-2-12-17-18-16-21(12)19-13(24-16)8-5-9-20-14(22)10-6-3-4-7-11(10)15(20)23/h3-4,6-7H,2,5,8-9H2,1H3. The van der Waals surface area contributed by atoms with Gasteiger partial charge in [-0.2, -0.15) is 9.61 Å². The van der Waals surface area contributed by atoms with Crippen LogP contribution in [0.3, 0.4) is 0 Å². The molecule has 0 spiro atoms. The van der Waals surface area contributed by atoms with Gasteiger partial charge < -0.3 is 0 Å². The number of rotatable bonds is 5. The number of carbonyl (C=O) groups excluding carboxylic acids is 2. The average molecular weight is 341 g/mol. The van der Waals surface area contributed by atoms with Crippen molar-refractivity contribution >= 4 is 28.1 Å². The van der Waals surface area contributed by atoms with Gasteiger partial charge in [0.05, 0.1) is 11.1 Å². The summed E-state index contributed by atoms with van der Waals surface area (Å²) in [7, 11) is 0. The summed E-state index contributed by atoms with van der Waals surface area (Å²) in [5.74, 6) is 0.428. The van der Waals surface area contributed by atoms with Crippen LogP contribution in [0.25, 0.3) is 4.96 Å². The minimum atomic E-state index is -0.206. The van der Waals surface area contributed by atoms with Crippen molar-refractivity contribution in [1.82, 2.24) is 24.7 Å². The first-order chi connectivity index (χ1) is 11.7. The Bertz CT molecular complexity index is 910. The molecule has 0 atom stereocenters. The number of benzene rings is 1. The van der Waals surface area contributed by atoms with Crippen LogP contribution in [-0.2, 0) is 12.8 Å². The Morgan fingerprint density at radius 1 is 1.08 bits per heavy atom. The molecule has 2 aromatic heterocycles. The average Bonchev–Trinajstić information content (AvgIpc) is 3.23. The lowest BCUT2D eigenvalue weighted by Gasteiger charge is -2.12. The Morgan fingerprint density at radius 3 is 2.46 bits per heavy atom. The van der Waals surface area contributed by atoms with Crippen molar-refractivity contribution in [2.75, 3.05) is 6.54 Å². The molecule has 1 aliphatic heterocycles. The first-order valence-corrected chi connectivity index (χ1v) is 8.66. The predicted molar refractivity (Wildman–Crippen MR) is 88.2 cm³/mol. The summed E-state index contributed by atoms with van der Waals surface area (Å²) in [6, 6.07) is 6.95. The van der Waals surface area contributed by atoms with E-state index in [1.54, 1.807) is 28.8 Å². The molecule has 3 heterocycles. The maximum atomic E-state index is 12.3. The second-order valence-corrected chi connectivity index (χ2v) is 6.61. The zero-order chi connectivity index (χ0) is 16.7. The van der Waals surface area contributed by atoms with E-state index in [0.29, 0.717) is 30.5 Å². The van der Waals surface area contributed by atoms with Gasteiger partial charge in [-0.15, -0.1) is 10.2 Å². The lowest BCUT2D eigenvalue weighted by Crippen LogP contribution is -2.30. The molecule has 24 heavy (non-hydrogen) atoms. The van der Waals surface area contributed by atoms with Crippen molar-refractivity contribution < 1.29 is 9.59 Å². The number of carbonyl (C=O) groups is 2. The highest BCUT2D eigenvalue weighted by atomic mass is 32.1. The number of hydrogen-bond acceptors (Lipinski definition) is 6. The molecule has 1 aliphatic rings. The van der Waals surface area contributed by atoms with E-state index in [2.05, 4.69) is 15.3 Å². The van der Waals surface area contributed by atoms with Crippen LogP contribution in [0.1, 0.15) is 44.9 Å². The minimum absolute atomic E-state index is 0.206. The molecule has 0 saturated carbocycles. The second-order valence-electron chi connectivity index (χ2n) is 5.57. The third-order valence-electron chi connectivity index (χ3n) is 4.06. The maximum absolute atomic E-state index is 12.3. The Hall–Kier alpha value is -2.61. The topological polar surface area (TPSA) is 80.5 Å². The molecule has 7 nitrogen and oxygen atoms in total. The highest BCUT2D eigenvalue weighted by Crippen LogP contribution is 2.23. The SMILES string of the molecule is CCc1nnc2sc(CCCN3C(=O)c4ccccc4C3=O)nn12. The van der Waals surface area contributed by atoms with E-state index in [1.165, 1.54) is 16.2 Å². The minimum Gasteiger partial charge on any atom is -0.274 e. The number of hydrogen-bond donors (Lipinski definition) is 0. The molecule has 0 N–H and O–H groups in total. The van der Waals surface area contributed by atoms with Gasteiger partial charge in [-0.25, -0.2) is 0 Å². The molecule has 0 saturated heterocycles. The van der Waals surface area contributed by atoms with Crippen molar-refractivity contribution in [2.45, 2.75) is 26.2 Å². The van der Waals surface area contributed by atoms with E-state index >= 15 is 0 Å². The number of aromatic nitrogens is 4. The predicted octanol–water partition coefficient (Wildman–Crippen LogP) is 1.98. The van der Waals surface area contributed by atoms with E-state index in [1.807, 2.05) is 6.92 Å². The van der Waals surface area contributed by atoms with Gasteiger partial charge >= 0.3 is 0 Å². The van der Waals surface area contributed by atoms with Crippen molar-refractivity contribution in [3.63, 3.8) is 0 Å². The monoisotopic (exact) mass is 341 g/mol. The van der Waals surface area contributed by atoms with Crippen molar-refractivity contribution in [3.8, 4) is 0 Å². The van der Waals surface area contributed by atoms with Crippen LogP contribution in [0.5, 0.6) is 0 Å². The number of aryl methyl sites for hydroxylation is 2. The first-order valence-electron chi connectivity index (χ1n) is 7.84. The summed E-state index contributed by atoms with van der Waals surface area (Å²) in [6.45, 7) is 2.41. The molecule has 0 bridgehead atoms. The fourth-order valence-electron chi connectivity index (χ4n) is 2.85. The van der Waals surface area contributed by atoms with Gasteiger partial charge in [-0.1, -0.05) is 30.4 Å². The van der Waals surface area contributed by atoms with E-state index < -0.39 is 0 Å². The van der Waals surface area contributed by atoms with Gasteiger partial charge in [0.25, 0.3) is 11.8 Å². The maximum Gasteiger partial charge on any atom is 0.261 e. The fourth-order valence-corrected chi connectivity index (χ4v) is 3.74. The second kappa shape index (κ2) is 5.79. The summed E-state index contributed by atoms with van der Waals surface area (Å²) in [5.41, 5.74) is 0.989. The molecule has 8 heteroatoms. The smallest absolute Gasteiger partial charge is 0.261 e. The molecule has 122 valence electrons. The number of amides is 2. The Labute approximate surface area is 141 Å². The quantitative estimate of drug-likeness (QED) is 0.663. The van der Waals surface area contributed by atoms with E-state index in [9.17, 15) is 9.59 Å². The van der Waals surface area contributed by atoms with Crippen LogP contribution in [0.15, 0.2) is 24.3 Å². The van der Waals surface area contributed by atoms with E-state index in [4.69, 9.17) is 0 Å². The van der Waals surface area contributed by atoms with Gasteiger partial charge in [0.2, 0.25) is 4.96 Å². The summed E-state index contributed by atoms with van der Waals surface area (Å²) >= 11 is 1.49. The van der Waals surface area contributed by atoms with Crippen LogP contribution in [0, 0.1) is 0 Å². The van der Waals surface area contributed by atoms with Gasteiger partial charge in [0, 0.05) is 19.4 Å². The lowest BCUT2D eigenvalue weighted by atomic mass is 10.1. The van der Waals surface area contributed by atoms with Gasteiger partial charge in [-0.3, -0.25) is 14.5 Å². The largest absolute Gasteiger partial charge is 0.274 e. The van der Waals surface area contributed by atoms with Crippen molar-refractivity contribution in [1.29, 1.82) is 0 Å². The molecule has 0 aliphatic carbocycles. The van der Waals surface area contributed by atoms with Crippen LogP contribution < -0.4 is 0 Å². The molecule has 0 unspecified atom stereocenters. The van der Waals surface area contributed by atoms with Gasteiger partial charge in [-0.05, 0) is 18.6 Å². The molecule has 0 fully saturated rings. The molecular formula is C16H15N5O2S. The van der Waals surface area contributed by atoms with Crippen LogP contribution in [0.4, 0.5) is 0 Å².